The molecule has 10 nitrogen and oxygen atoms in total. The number of carboxylic acid groups (broad SMARTS) is 3. The largest absolute Gasteiger partial charge is 0.481 e. The van der Waals surface area contributed by atoms with E-state index in [2.05, 4.69) is 19.1 Å². The van der Waals surface area contributed by atoms with Crippen molar-refractivity contribution in [2.45, 2.75) is 122 Å². The van der Waals surface area contributed by atoms with E-state index in [1.165, 1.54) is 70.6 Å². The number of carbonyl (C=O) groups is 3. The third kappa shape index (κ3) is 36.0. The van der Waals surface area contributed by atoms with Gasteiger partial charge in [0.05, 0.1) is 31.8 Å². The topological polar surface area (TPSA) is 193 Å². The highest BCUT2D eigenvalue weighted by Gasteiger charge is 2.26. The molecule has 232 valence electrons. The van der Waals surface area contributed by atoms with Gasteiger partial charge in [0, 0.05) is 19.3 Å². The lowest BCUT2D eigenvalue weighted by atomic mass is 9.93. The van der Waals surface area contributed by atoms with Crippen molar-refractivity contribution in [3.8, 4) is 0 Å². The molecule has 0 bridgehead atoms. The number of hydrogen-bond donors (Lipinski definition) is 7. The SMILES string of the molecule is CCCCCCCC/C=C\CCCCCCCC(=O)O.O=C(O)CCCCC(=O)O.OCC(CO)(CO)CO. The number of aliphatic hydroxyl groups is 4. The molecule has 10 heteroatoms. The van der Waals surface area contributed by atoms with Crippen molar-refractivity contribution in [3.05, 3.63) is 12.2 Å². The van der Waals surface area contributed by atoms with Crippen LogP contribution in [0.15, 0.2) is 12.2 Å². The Morgan fingerprint density at radius 2 is 0.769 bits per heavy atom. The zero-order valence-electron chi connectivity index (χ0n) is 24.1. The van der Waals surface area contributed by atoms with Gasteiger partial charge in [-0.1, -0.05) is 70.4 Å². The maximum absolute atomic E-state index is 10.3. The molecule has 0 unspecified atom stereocenters. The third-order valence-electron chi connectivity index (χ3n) is 6.03. The average molecular weight is 565 g/mol. The Balaban J connectivity index is -0.000000568. The number of unbranched alkanes of at least 4 members (excludes halogenated alkanes) is 12. The molecule has 0 atom stereocenters. The number of aliphatic hydroxyl groups excluding tert-OH is 4. The molecule has 0 amide bonds. The van der Waals surface area contributed by atoms with Crippen LogP contribution in [0.5, 0.6) is 0 Å². The maximum Gasteiger partial charge on any atom is 0.303 e. The summed E-state index contributed by atoms with van der Waals surface area (Å²) in [7, 11) is 0. The Bertz CT molecular complexity index is 555. The number of carboxylic acids is 3. The van der Waals surface area contributed by atoms with Crippen LogP contribution in [0.25, 0.3) is 0 Å². The quantitative estimate of drug-likeness (QED) is 0.0634. The highest BCUT2D eigenvalue weighted by Crippen LogP contribution is 2.12. The molecule has 0 aliphatic carbocycles. The van der Waals surface area contributed by atoms with E-state index in [-0.39, 0.29) is 12.8 Å². The minimum atomic E-state index is -1.11. The fourth-order valence-corrected chi connectivity index (χ4v) is 3.20. The van der Waals surface area contributed by atoms with Gasteiger partial charge in [-0.3, -0.25) is 14.4 Å². The van der Waals surface area contributed by atoms with Crippen LogP contribution in [0.1, 0.15) is 122 Å². The van der Waals surface area contributed by atoms with Gasteiger partial charge in [0.1, 0.15) is 0 Å². The van der Waals surface area contributed by atoms with Gasteiger partial charge in [0.2, 0.25) is 0 Å². The summed E-state index contributed by atoms with van der Waals surface area (Å²) in [5, 5.41) is 58.8. The molecule has 0 saturated heterocycles. The first-order valence-corrected chi connectivity index (χ1v) is 14.4. The van der Waals surface area contributed by atoms with Crippen molar-refractivity contribution in [2.24, 2.45) is 5.41 Å². The van der Waals surface area contributed by atoms with Gasteiger partial charge in [-0.05, 0) is 44.9 Å². The molecule has 0 aromatic heterocycles. The van der Waals surface area contributed by atoms with Crippen molar-refractivity contribution in [1.29, 1.82) is 0 Å². The smallest absolute Gasteiger partial charge is 0.303 e. The fourth-order valence-electron chi connectivity index (χ4n) is 3.20. The molecule has 0 heterocycles. The van der Waals surface area contributed by atoms with Crippen molar-refractivity contribution >= 4 is 17.9 Å². The van der Waals surface area contributed by atoms with Gasteiger partial charge >= 0.3 is 17.9 Å². The predicted molar refractivity (Wildman–Crippen MR) is 152 cm³/mol. The van der Waals surface area contributed by atoms with Crippen molar-refractivity contribution in [2.75, 3.05) is 26.4 Å². The summed E-state index contributed by atoms with van der Waals surface area (Å²) in [5.74, 6) is -2.40. The van der Waals surface area contributed by atoms with Crippen LogP contribution in [0.4, 0.5) is 0 Å². The van der Waals surface area contributed by atoms with E-state index >= 15 is 0 Å². The third-order valence-corrected chi connectivity index (χ3v) is 6.03. The van der Waals surface area contributed by atoms with E-state index in [0.717, 1.165) is 12.8 Å². The van der Waals surface area contributed by atoms with E-state index in [0.29, 0.717) is 19.3 Å². The second kappa shape index (κ2) is 32.2. The molecule has 0 fully saturated rings. The second-order valence-corrected chi connectivity index (χ2v) is 9.86. The molecular formula is C29H56O10. The van der Waals surface area contributed by atoms with Gasteiger partial charge in [-0.15, -0.1) is 0 Å². The molecule has 0 aliphatic heterocycles. The zero-order valence-corrected chi connectivity index (χ0v) is 24.1. The molecule has 0 aromatic carbocycles. The summed E-state index contributed by atoms with van der Waals surface area (Å²) in [4.78, 5) is 30.1. The Kier molecular flexibility index (Phi) is 34.2. The van der Waals surface area contributed by atoms with Gasteiger partial charge in [0.15, 0.2) is 0 Å². The summed E-state index contributed by atoms with van der Waals surface area (Å²) in [6.45, 7) is 0.634. The van der Waals surface area contributed by atoms with E-state index in [1.807, 2.05) is 0 Å². The second-order valence-electron chi connectivity index (χ2n) is 9.86. The van der Waals surface area contributed by atoms with Crippen LogP contribution in [-0.4, -0.2) is 80.1 Å². The standard InChI is InChI=1S/C18H34O2.C6H10O4.C5H12O4/c1-2-3-4-5-6-7-8-9-10-11-12-13-14-15-16-17-18(19)20;7-5(8)3-1-2-4-6(9)10;6-1-5(2-7,3-8)4-9/h9-10H,2-8,11-17H2,1H3,(H,19,20);1-4H2,(H,7,8)(H,9,10);6-9H,1-4H2/b10-9-;;. The normalized spacial score (nSPS) is 10.9. The minimum Gasteiger partial charge on any atom is -0.481 e. The molecule has 0 saturated carbocycles. The molecular weight excluding hydrogens is 508 g/mol. The Labute approximate surface area is 234 Å². The number of aliphatic carboxylic acids is 3. The van der Waals surface area contributed by atoms with Crippen molar-refractivity contribution in [1.82, 2.24) is 0 Å². The molecule has 0 rings (SSSR count). The van der Waals surface area contributed by atoms with Crippen LogP contribution in [0.3, 0.4) is 0 Å². The molecule has 0 radical (unpaired) electrons. The van der Waals surface area contributed by atoms with E-state index in [1.54, 1.807) is 0 Å². The average Bonchev–Trinajstić information content (AvgIpc) is 2.91. The Hall–Kier alpha value is -2.01. The van der Waals surface area contributed by atoms with Gasteiger partial charge < -0.3 is 35.7 Å². The lowest BCUT2D eigenvalue weighted by Crippen LogP contribution is -2.37. The highest BCUT2D eigenvalue weighted by atomic mass is 16.4. The summed E-state index contributed by atoms with van der Waals surface area (Å²) in [6.07, 6.45) is 22.3. The molecule has 39 heavy (non-hydrogen) atoms. The first-order chi connectivity index (χ1) is 18.6. The molecule has 7 N–H and O–H groups in total. The molecule has 0 spiro atoms. The first-order valence-electron chi connectivity index (χ1n) is 14.4. The van der Waals surface area contributed by atoms with E-state index < -0.39 is 49.8 Å². The van der Waals surface area contributed by atoms with Crippen molar-refractivity contribution in [3.63, 3.8) is 0 Å². The van der Waals surface area contributed by atoms with Crippen LogP contribution >= 0.6 is 0 Å². The van der Waals surface area contributed by atoms with E-state index in [4.69, 9.17) is 35.7 Å². The maximum atomic E-state index is 10.3. The van der Waals surface area contributed by atoms with Crippen LogP contribution in [0.2, 0.25) is 0 Å². The minimum absolute atomic E-state index is 0.0628. The number of hydrogen-bond acceptors (Lipinski definition) is 7. The highest BCUT2D eigenvalue weighted by molar-refractivity contribution is 5.68. The van der Waals surface area contributed by atoms with Gasteiger partial charge in [-0.25, -0.2) is 0 Å². The predicted octanol–water partition coefficient (Wildman–Crippen LogP) is 4.77. The van der Waals surface area contributed by atoms with Gasteiger partial charge in [-0.2, -0.15) is 0 Å². The van der Waals surface area contributed by atoms with E-state index in [9.17, 15) is 14.4 Å². The van der Waals surface area contributed by atoms with Gasteiger partial charge in [0.25, 0.3) is 0 Å². The number of allylic oxidation sites excluding steroid dienone is 2. The Morgan fingerprint density at radius 1 is 0.487 bits per heavy atom. The van der Waals surface area contributed by atoms with Crippen molar-refractivity contribution < 1.29 is 50.1 Å². The Morgan fingerprint density at radius 3 is 1.05 bits per heavy atom. The lowest BCUT2D eigenvalue weighted by Gasteiger charge is -2.23. The zero-order chi connectivity index (χ0) is 30.2. The number of rotatable bonds is 24. The van der Waals surface area contributed by atoms with Crippen LogP contribution in [-0.2, 0) is 14.4 Å². The van der Waals surface area contributed by atoms with Crippen LogP contribution < -0.4 is 0 Å². The summed E-state index contributed by atoms with van der Waals surface area (Å²) < 4.78 is 0. The molecule has 0 aliphatic rings. The van der Waals surface area contributed by atoms with Crippen LogP contribution in [0, 0.1) is 5.41 Å². The summed E-state index contributed by atoms with van der Waals surface area (Å²) >= 11 is 0. The fraction of sp³-hybridized carbons (Fsp3) is 0.828. The first kappa shape index (κ1) is 41.5. The summed E-state index contributed by atoms with van der Waals surface area (Å²) in [5.41, 5.74) is -1.11. The molecule has 0 aromatic rings. The summed E-state index contributed by atoms with van der Waals surface area (Å²) in [6, 6.07) is 0. The lowest BCUT2D eigenvalue weighted by molar-refractivity contribution is -0.139. The monoisotopic (exact) mass is 564 g/mol.